The van der Waals surface area contributed by atoms with Crippen LogP contribution in [0.15, 0.2) is 36.4 Å². The Balaban J connectivity index is 1.73. The Labute approximate surface area is 155 Å². The SMILES string of the molecule is CCCNC(=O)COC(=O)c1cc2c(C)nn(Cc3ccccc3)c2s1. The second-order valence-corrected chi connectivity index (χ2v) is 7.01. The molecule has 3 aromatic rings. The van der Waals surface area contributed by atoms with Crippen LogP contribution in [0.2, 0.25) is 0 Å². The number of aromatic nitrogens is 2. The zero-order valence-corrected chi connectivity index (χ0v) is 15.6. The first kappa shape index (κ1) is 18.1. The summed E-state index contributed by atoms with van der Waals surface area (Å²) >= 11 is 1.34. The van der Waals surface area contributed by atoms with Crippen LogP contribution in [0, 0.1) is 6.92 Å². The number of thiophene rings is 1. The van der Waals surface area contributed by atoms with E-state index in [1.165, 1.54) is 11.3 Å². The van der Waals surface area contributed by atoms with Gasteiger partial charge in [0.05, 0.1) is 12.2 Å². The number of esters is 1. The molecular weight excluding hydrogens is 350 g/mol. The summed E-state index contributed by atoms with van der Waals surface area (Å²) in [4.78, 5) is 25.2. The van der Waals surface area contributed by atoms with Crippen LogP contribution in [-0.4, -0.2) is 34.8 Å². The van der Waals surface area contributed by atoms with E-state index in [4.69, 9.17) is 4.74 Å². The zero-order valence-electron chi connectivity index (χ0n) is 14.8. The lowest BCUT2D eigenvalue weighted by atomic mass is 10.2. The molecule has 1 amide bonds. The van der Waals surface area contributed by atoms with E-state index in [-0.39, 0.29) is 12.5 Å². The van der Waals surface area contributed by atoms with E-state index in [2.05, 4.69) is 10.4 Å². The zero-order chi connectivity index (χ0) is 18.5. The first-order chi connectivity index (χ1) is 12.6. The molecular formula is C19H21N3O3S. The van der Waals surface area contributed by atoms with Gasteiger partial charge in [0.1, 0.15) is 9.71 Å². The van der Waals surface area contributed by atoms with Crippen molar-refractivity contribution in [2.75, 3.05) is 13.2 Å². The molecule has 0 aliphatic carbocycles. The molecule has 0 aliphatic rings. The Morgan fingerprint density at radius 2 is 2.04 bits per heavy atom. The molecule has 2 aromatic heterocycles. The number of ether oxygens (including phenoxy) is 1. The standard InChI is InChI=1S/C19H21N3O3S/c1-3-9-20-17(23)12-25-19(24)16-10-15-13(2)21-22(18(15)26-16)11-14-7-5-4-6-8-14/h4-8,10H,3,9,11-12H2,1-2H3,(H,20,23). The topological polar surface area (TPSA) is 73.2 Å². The van der Waals surface area contributed by atoms with Crippen molar-refractivity contribution in [1.29, 1.82) is 0 Å². The number of carbonyl (C=O) groups is 2. The summed E-state index contributed by atoms with van der Waals surface area (Å²) in [6.07, 6.45) is 0.840. The highest BCUT2D eigenvalue weighted by molar-refractivity contribution is 7.20. The molecule has 3 rings (SSSR count). The lowest BCUT2D eigenvalue weighted by Gasteiger charge is -2.04. The third-order valence-electron chi connectivity index (χ3n) is 3.89. The van der Waals surface area contributed by atoms with Crippen molar-refractivity contribution in [3.63, 3.8) is 0 Å². The largest absolute Gasteiger partial charge is 0.451 e. The predicted octanol–water partition coefficient (Wildman–Crippen LogP) is 3.14. The smallest absolute Gasteiger partial charge is 0.348 e. The maximum Gasteiger partial charge on any atom is 0.348 e. The molecule has 1 N–H and O–H groups in total. The van der Waals surface area contributed by atoms with Crippen molar-refractivity contribution in [2.45, 2.75) is 26.8 Å². The number of carbonyl (C=O) groups excluding carboxylic acids is 2. The van der Waals surface area contributed by atoms with E-state index in [9.17, 15) is 9.59 Å². The number of aryl methyl sites for hydroxylation is 1. The van der Waals surface area contributed by atoms with Gasteiger partial charge >= 0.3 is 5.97 Å². The monoisotopic (exact) mass is 371 g/mol. The van der Waals surface area contributed by atoms with Gasteiger partial charge in [0, 0.05) is 11.9 Å². The highest BCUT2D eigenvalue weighted by Crippen LogP contribution is 2.29. The van der Waals surface area contributed by atoms with E-state index >= 15 is 0 Å². The molecule has 0 unspecified atom stereocenters. The number of nitrogens with one attached hydrogen (secondary N) is 1. The van der Waals surface area contributed by atoms with Crippen LogP contribution in [0.5, 0.6) is 0 Å². The van der Waals surface area contributed by atoms with Gasteiger partial charge in [-0.2, -0.15) is 5.10 Å². The number of rotatable bonds is 7. The molecule has 0 bridgehead atoms. The van der Waals surface area contributed by atoms with Crippen LogP contribution in [0.3, 0.4) is 0 Å². The Hall–Kier alpha value is -2.67. The van der Waals surface area contributed by atoms with Gasteiger partial charge < -0.3 is 10.1 Å². The lowest BCUT2D eigenvalue weighted by Crippen LogP contribution is -2.29. The summed E-state index contributed by atoms with van der Waals surface area (Å²) in [6.45, 7) is 4.84. The quantitative estimate of drug-likeness (QED) is 0.648. The van der Waals surface area contributed by atoms with E-state index in [0.29, 0.717) is 18.0 Å². The third kappa shape index (κ3) is 4.11. The molecule has 0 saturated carbocycles. The van der Waals surface area contributed by atoms with E-state index in [1.54, 1.807) is 6.07 Å². The third-order valence-corrected chi connectivity index (χ3v) is 5.02. The fraction of sp³-hybridized carbons (Fsp3) is 0.316. The van der Waals surface area contributed by atoms with Crippen molar-refractivity contribution in [3.05, 3.63) is 52.5 Å². The molecule has 7 heteroatoms. The van der Waals surface area contributed by atoms with Crippen molar-refractivity contribution in [3.8, 4) is 0 Å². The number of nitrogens with zero attached hydrogens (tertiary/aromatic N) is 2. The highest BCUT2D eigenvalue weighted by atomic mass is 32.1. The Morgan fingerprint density at radius 3 is 2.77 bits per heavy atom. The summed E-state index contributed by atoms with van der Waals surface area (Å²) in [5, 5.41) is 8.18. The molecule has 136 valence electrons. The van der Waals surface area contributed by atoms with Gasteiger partial charge in [0.25, 0.3) is 5.91 Å². The molecule has 0 fully saturated rings. The van der Waals surface area contributed by atoms with Gasteiger partial charge in [-0.3, -0.25) is 9.48 Å². The van der Waals surface area contributed by atoms with E-state index in [0.717, 1.165) is 27.9 Å². The van der Waals surface area contributed by atoms with Crippen molar-refractivity contribution in [1.82, 2.24) is 15.1 Å². The molecule has 6 nitrogen and oxygen atoms in total. The summed E-state index contributed by atoms with van der Waals surface area (Å²) in [7, 11) is 0. The van der Waals surface area contributed by atoms with E-state index in [1.807, 2.05) is 48.9 Å². The number of benzene rings is 1. The molecule has 1 aromatic carbocycles. The second-order valence-electron chi connectivity index (χ2n) is 5.98. The van der Waals surface area contributed by atoms with Crippen LogP contribution in [-0.2, 0) is 16.1 Å². The molecule has 26 heavy (non-hydrogen) atoms. The minimum absolute atomic E-state index is 0.262. The molecule has 0 aliphatic heterocycles. The fourth-order valence-electron chi connectivity index (χ4n) is 2.59. The van der Waals surface area contributed by atoms with Crippen molar-refractivity contribution in [2.24, 2.45) is 0 Å². The summed E-state index contributed by atoms with van der Waals surface area (Å²) in [6, 6.07) is 11.8. The van der Waals surface area contributed by atoms with Crippen molar-refractivity contribution >= 4 is 33.4 Å². The van der Waals surface area contributed by atoms with Gasteiger partial charge in [-0.1, -0.05) is 37.3 Å². The van der Waals surface area contributed by atoms with Crippen LogP contribution in [0.1, 0.15) is 34.3 Å². The van der Waals surface area contributed by atoms with Gasteiger partial charge in [0.15, 0.2) is 6.61 Å². The molecule has 0 atom stereocenters. The van der Waals surface area contributed by atoms with Gasteiger partial charge in [0.2, 0.25) is 0 Å². The number of hydrogen-bond acceptors (Lipinski definition) is 5. The van der Waals surface area contributed by atoms with Crippen molar-refractivity contribution < 1.29 is 14.3 Å². The van der Waals surface area contributed by atoms with E-state index < -0.39 is 5.97 Å². The van der Waals surface area contributed by atoms with Gasteiger partial charge in [-0.15, -0.1) is 11.3 Å². The summed E-state index contributed by atoms with van der Waals surface area (Å²) in [5.41, 5.74) is 2.01. The molecule has 2 heterocycles. The normalized spacial score (nSPS) is 10.8. The van der Waals surface area contributed by atoms with Crippen LogP contribution >= 0.6 is 11.3 Å². The fourth-order valence-corrected chi connectivity index (χ4v) is 3.65. The van der Waals surface area contributed by atoms with Gasteiger partial charge in [-0.05, 0) is 25.0 Å². The Bertz CT molecular complexity index is 915. The maximum absolute atomic E-state index is 12.2. The van der Waals surface area contributed by atoms with Crippen LogP contribution in [0.25, 0.3) is 10.2 Å². The lowest BCUT2D eigenvalue weighted by molar-refractivity contribution is -0.124. The second kappa shape index (κ2) is 8.14. The maximum atomic E-state index is 12.2. The number of amides is 1. The first-order valence-electron chi connectivity index (χ1n) is 8.53. The molecule has 0 saturated heterocycles. The summed E-state index contributed by atoms with van der Waals surface area (Å²) < 4.78 is 7.01. The number of fused-ring (bicyclic) bond motifs is 1. The first-order valence-corrected chi connectivity index (χ1v) is 9.35. The number of hydrogen-bond donors (Lipinski definition) is 1. The molecule has 0 spiro atoms. The average Bonchev–Trinajstić information content (AvgIpc) is 3.20. The minimum Gasteiger partial charge on any atom is -0.451 e. The average molecular weight is 371 g/mol. The van der Waals surface area contributed by atoms with Crippen LogP contribution in [0.4, 0.5) is 0 Å². The van der Waals surface area contributed by atoms with Gasteiger partial charge in [-0.25, -0.2) is 4.79 Å². The Kier molecular flexibility index (Phi) is 5.68. The summed E-state index contributed by atoms with van der Waals surface area (Å²) in [5.74, 6) is -0.767. The Morgan fingerprint density at radius 1 is 1.27 bits per heavy atom. The molecule has 0 radical (unpaired) electrons. The minimum atomic E-state index is -0.483. The predicted molar refractivity (Wildman–Crippen MR) is 101 cm³/mol. The van der Waals surface area contributed by atoms with Crippen LogP contribution < -0.4 is 5.32 Å². The highest BCUT2D eigenvalue weighted by Gasteiger charge is 2.18.